The normalized spacial score (nSPS) is 11.6. The quantitative estimate of drug-likeness (QED) is 0.634. The summed E-state index contributed by atoms with van der Waals surface area (Å²) in [6.07, 6.45) is -8.52. The molecule has 0 saturated heterocycles. The molecule has 0 saturated carbocycles. The maximum atomic E-state index is 13.4. The number of nitrogens with zero attached hydrogens (tertiary/aromatic N) is 1. The molecule has 1 heterocycles. The Hall–Kier alpha value is -2.00. The van der Waals surface area contributed by atoms with Gasteiger partial charge in [-0.1, -0.05) is 0 Å². The van der Waals surface area contributed by atoms with Crippen molar-refractivity contribution in [2.75, 3.05) is 7.11 Å². The lowest BCUT2D eigenvalue weighted by molar-refractivity contribution is -0.275. The summed E-state index contributed by atoms with van der Waals surface area (Å²) < 4.78 is 81.5. The summed E-state index contributed by atoms with van der Waals surface area (Å²) in [5.41, 5.74) is -2.62. The second kappa shape index (κ2) is 5.33. The Kier molecular flexibility index (Phi) is 4.22. The molecule has 0 fully saturated rings. The number of rotatable bonds is 3. The molecule has 4 nitrogen and oxygen atoms in total. The van der Waals surface area contributed by atoms with Crippen LogP contribution in [0, 0.1) is 5.82 Å². The van der Waals surface area contributed by atoms with Crippen LogP contribution in [-0.2, 0) is 4.74 Å². The van der Waals surface area contributed by atoms with Gasteiger partial charge in [0.15, 0.2) is 11.6 Å². The van der Waals surface area contributed by atoms with Gasteiger partial charge >= 0.3 is 12.3 Å². The zero-order valence-electron chi connectivity index (χ0n) is 9.09. The summed E-state index contributed by atoms with van der Waals surface area (Å²) in [5, 5.41) is 0. The molecule has 0 bridgehead atoms. The molecule has 0 atom stereocenters. The monoisotopic (exact) mass is 289 g/mol. The van der Waals surface area contributed by atoms with E-state index in [2.05, 4.69) is 14.5 Å². The highest BCUT2D eigenvalue weighted by Crippen LogP contribution is 2.33. The van der Waals surface area contributed by atoms with Crippen molar-refractivity contribution in [1.82, 2.24) is 4.98 Å². The van der Waals surface area contributed by atoms with Gasteiger partial charge in [-0.05, 0) is 0 Å². The number of hydrogen-bond acceptors (Lipinski definition) is 4. The fourth-order valence-corrected chi connectivity index (χ4v) is 1.11. The highest BCUT2D eigenvalue weighted by molar-refractivity contribution is 5.92. The van der Waals surface area contributed by atoms with Crippen LogP contribution < -0.4 is 4.74 Å². The number of ether oxygens (including phenoxy) is 2. The Morgan fingerprint density at radius 3 is 2.37 bits per heavy atom. The molecule has 106 valence electrons. The van der Waals surface area contributed by atoms with Crippen molar-refractivity contribution >= 4 is 5.97 Å². The first-order chi connectivity index (χ1) is 8.67. The molecule has 0 aliphatic carbocycles. The molecular formula is C9H5F6NO3. The standard InChI is InChI=1S/C9H5F6NO3/c1-18-8(17)3-2-16-5(7(11)12)4(10)6(3)19-9(13,14)15/h2,7H,1H3. The molecule has 0 aromatic carbocycles. The van der Waals surface area contributed by atoms with Gasteiger partial charge in [-0.15, -0.1) is 13.2 Å². The smallest absolute Gasteiger partial charge is 0.465 e. The summed E-state index contributed by atoms with van der Waals surface area (Å²) in [6, 6.07) is 0. The van der Waals surface area contributed by atoms with Gasteiger partial charge in [-0.3, -0.25) is 4.98 Å². The number of hydrogen-bond donors (Lipinski definition) is 0. The first-order valence-electron chi connectivity index (χ1n) is 4.48. The second-order valence-corrected chi connectivity index (χ2v) is 3.04. The Bertz CT molecular complexity index is 488. The van der Waals surface area contributed by atoms with Crippen molar-refractivity contribution in [1.29, 1.82) is 0 Å². The number of aromatic nitrogens is 1. The summed E-state index contributed by atoms with van der Waals surface area (Å²) in [7, 11) is 0.804. The Morgan fingerprint density at radius 1 is 1.37 bits per heavy atom. The number of methoxy groups -OCH3 is 1. The van der Waals surface area contributed by atoms with Gasteiger partial charge in [0.1, 0.15) is 11.3 Å². The molecule has 0 amide bonds. The third kappa shape index (κ3) is 3.48. The minimum absolute atomic E-state index is 0.317. The summed E-state index contributed by atoms with van der Waals surface area (Å²) in [5.74, 6) is -5.19. The van der Waals surface area contributed by atoms with E-state index in [1.54, 1.807) is 0 Å². The van der Waals surface area contributed by atoms with Crippen molar-refractivity contribution in [3.8, 4) is 5.75 Å². The van der Waals surface area contributed by atoms with Crippen LogP contribution in [0.3, 0.4) is 0 Å². The Labute approximate surface area is 101 Å². The van der Waals surface area contributed by atoms with E-state index < -0.39 is 41.6 Å². The first-order valence-corrected chi connectivity index (χ1v) is 4.48. The van der Waals surface area contributed by atoms with Gasteiger partial charge in [0, 0.05) is 6.20 Å². The highest BCUT2D eigenvalue weighted by Gasteiger charge is 2.37. The van der Waals surface area contributed by atoms with E-state index in [1.807, 2.05) is 0 Å². The van der Waals surface area contributed by atoms with Gasteiger partial charge in [-0.2, -0.15) is 0 Å². The number of alkyl halides is 5. The zero-order chi connectivity index (χ0) is 14.8. The molecule has 0 aliphatic heterocycles. The third-order valence-corrected chi connectivity index (χ3v) is 1.83. The minimum atomic E-state index is -5.37. The number of pyridine rings is 1. The lowest BCUT2D eigenvalue weighted by atomic mass is 10.2. The lowest BCUT2D eigenvalue weighted by Crippen LogP contribution is -2.21. The number of esters is 1. The van der Waals surface area contributed by atoms with Gasteiger partial charge in [-0.25, -0.2) is 18.0 Å². The van der Waals surface area contributed by atoms with Crippen LogP contribution in [0.15, 0.2) is 6.20 Å². The number of carbonyl (C=O) groups excluding carboxylic acids is 1. The average molecular weight is 289 g/mol. The fourth-order valence-electron chi connectivity index (χ4n) is 1.11. The molecule has 10 heteroatoms. The highest BCUT2D eigenvalue weighted by atomic mass is 19.4. The van der Waals surface area contributed by atoms with Crippen molar-refractivity contribution in [3.63, 3.8) is 0 Å². The van der Waals surface area contributed by atoms with E-state index in [-0.39, 0.29) is 0 Å². The van der Waals surface area contributed by atoms with E-state index in [0.29, 0.717) is 6.20 Å². The molecule has 0 spiro atoms. The molecule has 1 aromatic rings. The van der Waals surface area contributed by atoms with Crippen LogP contribution in [-0.4, -0.2) is 24.4 Å². The van der Waals surface area contributed by atoms with Gasteiger partial charge < -0.3 is 9.47 Å². The maximum absolute atomic E-state index is 13.4. The van der Waals surface area contributed by atoms with Gasteiger partial charge in [0.25, 0.3) is 6.43 Å². The molecule has 0 aliphatic rings. The second-order valence-electron chi connectivity index (χ2n) is 3.04. The fraction of sp³-hybridized carbons (Fsp3) is 0.333. The summed E-state index contributed by atoms with van der Waals surface area (Å²) in [6.45, 7) is 0. The van der Waals surface area contributed by atoms with Gasteiger partial charge in [0.05, 0.1) is 7.11 Å². The number of halogens is 6. The van der Waals surface area contributed by atoms with Crippen LogP contribution in [0.5, 0.6) is 5.75 Å². The summed E-state index contributed by atoms with van der Waals surface area (Å²) >= 11 is 0. The molecule has 0 unspecified atom stereocenters. The van der Waals surface area contributed by atoms with Crippen molar-refractivity contribution in [2.24, 2.45) is 0 Å². The molecule has 0 radical (unpaired) electrons. The zero-order valence-corrected chi connectivity index (χ0v) is 9.09. The summed E-state index contributed by atoms with van der Waals surface area (Å²) in [4.78, 5) is 14.0. The molecular weight excluding hydrogens is 284 g/mol. The lowest BCUT2D eigenvalue weighted by Gasteiger charge is -2.14. The van der Waals surface area contributed by atoms with Crippen LogP contribution >= 0.6 is 0 Å². The van der Waals surface area contributed by atoms with E-state index >= 15 is 0 Å². The van der Waals surface area contributed by atoms with E-state index in [4.69, 9.17) is 0 Å². The minimum Gasteiger partial charge on any atom is -0.465 e. The van der Waals surface area contributed by atoms with Crippen molar-refractivity contribution < 1.29 is 40.6 Å². The Morgan fingerprint density at radius 2 is 1.95 bits per heavy atom. The topological polar surface area (TPSA) is 48.4 Å². The van der Waals surface area contributed by atoms with Crippen LogP contribution in [0.2, 0.25) is 0 Å². The predicted molar refractivity (Wildman–Crippen MR) is 47.2 cm³/mol. The van der Waals surface area contributed by atoms with Crippen LogP contribution in [0.4, 0.5) is 26.3 Å². The first kappa shape index (κ1) is 15.1. The van der Waals surface area contributed by atoms with Crippen LogP contribution in [0.25, 0.3) is 0 Å². The SMILES string of the molecule is COC(=O)c1cnc(C(F)F)c(F)c1OC(F)(F)F. The van der Waals surface area contributed by atoms with E-state index in [0.717, 1.165) is 7.11 Å². The molecule has 1 rings (SSSR count). The largest absolute Gasteiger partial charge is 0.573 e. The van der Waals surface area contributed by atoms with Crippen molar-refractivity contribution in [2.45, 2.75) is 12.8 Å². The van der Waals surface area contributed by atoms with Crippen LogP contribution in [0.1, 0.15) is 22.5 Å². The molecule has 1 aromatic heterocycles. The number of carbonyl (C=O) groups is 1. The third-order valence-electron chi connectivity index (χ3n) is 1.83. The van der Waals surface area contributed by atoms with Crippen molar-refractivity contribution in [3.05, 3.63) is 23.3 Å². The average Bonchev–Trinajstić information content (AvgIpc) is 2.28. The van der Waals surface area contributed by atoms with E-state index in [9.17, 15) is 31.1 Å². The predicted octanol–water partition coefficient (Wildman–Crippen LogP) is 2.84. The molecule has 0 N–H and O–H groups in total. The van der Waals surface area contributed by atoms with E-state index in [1.165, 1.54) is 0 Å². The molecule has 19 heavy (non-hydrogen) atoms. The Balaban J connectivity index is 3.41. The maximum Gasteiger partial charge on any atom is 0.573 e. The van der Waals surface area contributed by atoms with Gasteiger partial charge in [0.2, 0.25) is 0 Å².